The van der Waals surface area contributed by atoms with Crippen LogP contribution in [-0.2, 0) is 0 Å². The lowest BCUT2D eigenvalue weighted by Crippen LogP contribution is -2.28. The number of nitrogens with two attached hydrogens (primary N) is 1. The maximum absolute atomic E-state index is 5.68. The molecule has 3 nitrogen and oxygen atoms in total. The fraction of sp³-hybridized carbons (Fsp3) is 0.600. The number of rotatable bonds is 9. The highest BCUT2D eigenvalue weighted by Crippen LogP contribution is 2.28. The van der Waals surface area contributed by atoms with Gasteiger partial charge < -0.3 is 4.74 Å². The van der Waals surface area contributed by atoms with Crippen LogP contribution in [0.25, 0.3) is 0 Å². The molecule has 0 spiro atoms. The number of hydrogen-bond donors (Lipinski definition) is 2. The minimum atomic E-state index is 0.185. The molecule has 0 bridgehead atoms. The molecule has 1 rings (SSSR count). The van der Waals surface area contributed by atoms with Crippen molar-refractivity contribution >= 4 is 0 Å². The summed E-state index contributed by atoms with van der Waals surface area (Å²) in [5, 5.41) is 0. The number of hydrazine groups is 1. The third-order valence-electron chi connectivity index (χ3n) is 3.14. The second-order valence-electron chi connectivity index (χ2n) is 4.54. The molecule has 0 aliphatic heterocycles. The third-order valence-corrected chi connectivity index (χ3v) is 3.14. The molecular formula is C15H26N2O. The molecule has 0 aromatic heterocycles. The molecule has 0 fully saturated rings. The van der Waals surface area contributed by atoms with Crippen molar-refractivity contribution in [2.75, 3.05) is 6.61 Å². The van der Waals surface area contributed by atoms with Crippen LogP contribution < -0.4 is 16.0 Å². The van der Waals surface area contributed by atoms with Crippen LogP contribution in [0.1, 0.15) is 57.6 Å². The van der Waals surface area contributed by atoms with Gasteiger partial charge in [0.05, 0.1) is 6.61 Å². The number of hydrogen-bond acceptors (Lipinski definition) is 3. The van der Waals surface area contributed by atoms with Crippen LogP contribution in [0.5, 0.6) is 5.75 Å². The highest BCUT2D eigenvalue weighted by atomic mass is 16.5. The first-order chi connectivity index (χ1) is 8.83. The fourth-order valence-electron chi connectivity index (χ4n) is 2.16. The molecule has 0 saturated heterocycles. The summed E-state index contributed by atoms with van der Waals surface area (Å²) < 4.78 is 5.65. The Labute approximate surface area is 111 Å². The van der Waals surface area contributed by atoms with E-state index in [1.54, 1.807) is 0 Å². The predicted octanol–water partition coefficient (Wildman–Crippen LogP) is 3.56. The van der Waals surface area contributed by atoms with E-state index in [2.05, 4.69) is 18.4 Å². The average Bonchev–Trinajstić information content (AvgIpc) is 2.41. The molecular weight excluding hydrogens is 224 g/mol. The lowest BCUT2D eigenvalue weighted by molar-refractivity contribution is 0.329. The van der Waals surface area contributed by atoms with Crippen LogP contribution in [-0.4, -0.2) is 6.61 Å². The molecule has 1 aromatic rings. The van der Waals surface area contributed by atoms with E-state index < -0.39 is 0 Å². The highest BCUT2D eigenvalue weighted by Gasteiger charge is 2.13. The summed E-state index contributed by atoms with van der Waals surface area (Å²) in [5.74, 6) is 6.62. The molecule has 3 N–H and O–H groups in total. The van der Waals surface area contributed by atoms with Gasteiger partial charge in [0, 0.05) is 11.6 Å². The molecule has 1 unspecified atom stereocenters. The van der Waals surface area contributed by atoms with E-state index in [0.717, 1.165) is 12.2 Å². The fourth-order valence-corrected chi connectivity index (χ4v) is 2.16. The normalized spacial score (nSPS) is 12.4. The van der Waals surface area contributed by atoms with Gasteiger partial charge in [-0.3, -0.25) is 11.3 Å². The van der Waals surface area contributed by atoms with Crippen LogP contribution in [0.4, 0.5) is 0 Å². The van der Waals surface area contributed by atoms with Crippen LogP contribution in [0, 0.1) is 0 Å². The monoisotopic (exact) mass is 250 g/mol. The zero-order valence-electron chi connectivity index (χ0n) is 11.6. The van der Waals surface area contributed by atoms with Gasteiger partial charge >= 0.3 is 0 Å². The smallest absolute Gasteiger partial charge is 0.124 e. The van der Waals surface area contributed by atoms with Crippen molar-refractivity contribution in [1.29, 1.82) is 0 Å². The van der Waals surface area contributed by atoms with E-state index >= 15 is 0 Å². The average molecular weight is 250 g/mol. The van der Waals surface area contributed by atoms with Crippen molar-refractivity contribution in [2.24, 2.45) is 5.84 Å². The Morgan fingerprint density at radius 1 is 1.17 bits per heavy atom. The standard InChI is InChI=1S/C15H26N2O/c1-3-5-6-7-11-14(17-16)13-10-8-9-12-15(13)18-4-2/h8-10,12,14,17H,3-7,11,16H2,1-2H3. The van der Waals surface area contributed by atoms with Gasteiger partial charge in [-0.05, 0) is 19.4 Å². The Morgan fingerprint density at radius 2 is 1.94 bits per heavy atom. The third kappa shape index (κ3) is 4.67. The summed E-state index contributed by atoms with van der Waals surface area (Å²) in [7, 11) is 0. The first-order valence-electron chi connectivity index (χ1n) is 7.01. The van der Waals surface area contributed by atoms with Crippen molar-refractivity contribution in [3.05, 3.63) is 29.8 Å². The maximum Gasteiger partial charge on any atom is 0.124 e. The molecule has 0 heterocycles. The van der Waals surface area contributed by atoms with Crippen molar-refractivity contribution in [1.82, 2.24) is 5.43 Å². The number of nitrogens with one attached hydrogen (secondary N) is 1. The summed E-state index contributed by atoms with van der Waals surface area (Å²) in [5.41, 5.74) is 4.08. The summed E-state index contributed by atoms with van der Waals surface area (Å²) in [6.07, 6.45) is 6.08. The van der Waals surface area contributed by atoms with E-state index in [1.807, 2.05) is 25.1 Å². The quantitative estimate of drug-likeness (QED) is 0.400. The topological polar surface area (TPSA) is 47.3 Å². The summed E-state index contributed by atoms with van der Waals surface area (Å²) in [6, 6.07) is 8.32. The Hall–Kier alpha value is -1.06. The van der Waals surface area contributed by atoms with Crippen molar-refractivity contribution < 1.29 is 4.74 Å². The molecule has 0 aliphatic carbocycles. The Balaban J connectivity index is 2.62. The zero-order chi connectivity index (χ0) is 13.2. The van der Waals surface area contributed by atoms with Gasteiger partial charge in [-0.1, -0.05) is 50.8 Å². The van der Waals surface area contributed by atoms with E-state index in [-0.39, 0.29) is 6.04 Å². The SMILES string of the molecule is CCCCCCC(NN)c1ccccc1OCC. The minimum absolute atomic E-state index is 0.185. The predicted molar refractivity (Wildman–Crippen MR) is 76.4 cm³/mol. The van der Waals surface area contributed by atoms with Crippen LogP contribution in [0.3, 0.4) is 0 Å². The van der Waals surface area contributed by atoms with Crippen molar-refractivity contribution in [2.45, 2.75) is 52.0 Å². The summed E-state index contributed by atoms with van der Waals surface area (Å²) in [6.45, 7) is 4.91. The molecule has 3 heteroatoms. The van der Waals surface area contributed by atoms with E-state index in [4.69, 9.17) is 10.6 Å². The first-order valence-corrected chi connectivity index (χ1v) is 7.01. The van der Waals surface area contributed by atoms with Gasteiger partial charge in [0.1, 0.15) is 5.75 Å². The number of ether oxygens (including phenoxy) is 1. The van der Waals surface area contributed by atoms with Gasteiger partial charge in [-0.15, -0.1) is 0 Å². The van der Waals surface area contributed by atoms with Crippen LogP contribution >= 0.6 is 0 Å². The lowest BCUT2D eigenvalue weighted by Gasteiger charge is -2.19. The summed E-state index contributed by atoms with van der Waals surface area (Å²) in [4.78, 5) is 0. The highest BCUT2D eigenvalue weighted by molar-refractivity contribution is 5.35. The van der Waals surface area contributed by atoms with Gasteiger partial charge in [-0.25, -0.2) is 0 Å². The van der Waals surface area contributed by atoms with Crippen molar-refractivity contribution in [3.63, 3.8) is 0 Å². The number of para-hydroxylation sites is 1. The van der Waals surface area contributed by atoms with Gasteiger partial charge in [0.25, 0.3) is 0 Å². The minimum Gasteiger partial charge on any atom is -0.494 e. The Kier molecular flexibility index (Phi) is 7.46. The number of benzene rings is 1. The Morgan fingerprint density at radius 3 is 2.61 bits per heavy atom. The van der Waals surface area contributed by atoms with E-state index in [1.165, 1.54) is 31.2 Å². The van der Waals surface area contributed by atoms with E-state index in [9.17, 15) is 0 Å². The summed E-state index contributed by atoms with van der Waals surface area (Å²) >= 11 is 0. The Bertz CT molecular complexity index is 328. The zero-order valence-corrected chi connectivity index (χ0v) is 11.6. The molecule has 18 heavy (non-hydrogen) atoms. The second kappa shape index (κ2) is 8.95. The van der Waals surface area contributed by atoms with Gasteiger partial charge in [0.15, 0.2) is 0 Å². The van der Waals surface area contributed by atoms with Crippen molar-refractivity contribution in [3.8, 4) is 5.75 Å². The molecule has 0 amide bonds. The van der Waals surface area contributed by atoms with Gasteiger partial charge in [0.2, 0.25) is 0 Å². The van der Waals surface area contributed by atoms with Crippen LogP contribution in [0.2, 0.25) is 0 Å². The first kappa shape index (κ1) is 15.0. The number of unbranched alkanes of at least 4 members (excludes halogenated alkanes) is 3. The van der Waals surface area contributed by atoms with Gasteiger partial charge in [-0.2, -0.15) is 0 Å². The largest absolute Gasteiger partial charge is 0.494 e. The maximum atomic E-state index is 5.68. The second-order valence-corrected chi connectivity index (χ2v) is 4.54. The molecule has 1 atom stereocenters. The van der Waals surface area contributed by atoms with Crippen LogP contribution in [0.15, 0.2) is 24.3 Å². The lowest BCUT2D eigenvalue weighted by atomic mass is 10.00. The van der Waals surface area contributed by atoms with E-state index in [0.29, 0.717) is 6.61 Å². The molecule has 0 saturated carbocycles. The molecule has 1 aromatic carbocycles. The molecule has 0 aliphatic rings. The molecule has 0 radical (unpaired) electrons. The molecule has 102 valence electrons.